The van der Waals surface area contributed by atoms with E-state index in [0.29, 0.717) is 23.9 Å². The Morgan fingerprint density at radius 2 is 2.06 bits per heavy atom. The van der Waals surface area contributed by atoms with Gasteiger partial charge in [-0.15, -0.1) is 0 Å². The van der Waals surface area contributed by atoms with Crippen LogP contribution >= 0.6 is 15.9 Å². The number of benzene rings is 1. The second kappa shape index (κ2) is 7.31. The third kappa shape index (κ3) is 4.26. The zero-order valence-corrected chi connectivity index (χ0v) is 12.2. The maximum atomic E-state index is 12.0. The fourth-order valence-corrected chi connectivity index (χ4v) is 2.05. The summed E-state index contributed by atoms with van der Waals surface area (Å²) in [7, 11) is 0. The fraction of sp³-hybridized carbons (Fsp3) is 0.429. The number of rotatable bonds is 6. The van der Waals surface area contributed by atoms with Crippen LogP contribution in [0.3, 0.4) is 0 Å². The number of carbonyl (C=O) groups excluding carboxylic acids is 2. The molecule has 1 aromatic carbocycles. The fourth-order valence-electron chi connectivity index (χ4n) is 1.69. The first-order valence-corrected chi connectivity index (χ1v) is 7.05. The highest BCUT2D eigenvalue weighted by Gasteiger charge is 2.14. The summed E-state index contributed by atoms with van der Waals surface area (Å²) in [5, 5.41) is 0.624. The first kappa shape index (κ1) is 14.9. The Bertz CT molecular complexity index is 441. The first-order valence-electron chi connectivity index (χ1n) is 5.92. The van der Waals surface area contributed by atoms with Crippen LogP contribution in [0, 0.1) is 6.92 Å². The summed E-state index contributed by atoms with van der Waals surface area (Å²) in [5.41, 5.74) is 2.38. The van der Waals surface area contributed by atoms with Crippen LogP contribution in [-0.4, -0.2) is 23.7 Å². The Kier molecular flexibility index (Phi) is 6.05. The van der Waals surface area contributed by atoms with Gasteiger partial charge in [0.1, 0.15) is 0 Å². The summed E-state index contributed by atoms with van der Waals surface area (Å²) >= 11 is 3.25. The average molecular weight is 313 g/mol. The number of carbonyl (C=O) groups is 2. The standard InChI is InChI=1S/C14H17BrO3/c1-3-18-14(17)9-11-5-4-10(2)8-12(11)13(16)6-7-15/h4-5,8H,3,6-7,9H2,1-2H3. The lowest BCUT2D eigenvalue weighted by Gasteiger charge is -2.09. The normalized spacial score (nSPS) is 10.2. The molecule has 98 valence electrons. The lowest BCUT2D eigenvalue weighted by atomic mass is 9.97. The van der Waals surface area contributed by atoms with Crippen molar-refractivity contribution in [2.75, 3.05) is 11.9 Å². The highest BCUT2D eigenvalue weighted by atomic mass is 79.9. The number of hydrogen-bond donors (Lipinski definition) is 0. The lowest BCUT2D eigenvalue weighted by molar-refractivity contribution is -0.142. The summed E-state index contributed by atoms with van der Waals surface area (Å²) < 4.78 is 4.91. The van der Waals surface area contributed by atoms with Crippen LogP contribution < -0.4 is 0 Å². The van der Waals surface area contributed by atoms with E-state index in [1.165, 1.54) is 0 Å². The molecular formula is C14H17BrO3. The number of esters is 1. The van der Waals surface area contributed by atoms with Crippen molar-refractivity contribution in [1.82, 2.24) is 0 Å². The van der Waals surface area contributed by atoms with E-state index in [1.54, 1.807) is 6.92 Å². The molecule has 0 aromatic heterocycles. The molecule has 0 amide bonds. The zero-order valence-electron chi connectivity index (χ0n) is 10.7. The Morgan fingerprint density at radius 1 is 1.33 bits per heavy atom. The minimum Gasteiger partial charge on any atom is -0.466 e. The third-order valence-corrected chi connectivity index (χ3v) is 2.92. The van der Waals surface area contributed by atoms with Crippen molar-refractivity contribution in [2.45, 2.75) is 26.7 Å². The second-order valence-corrected chi connectivity index (χ2v) is 4.80. The van der Waals surface area contributed by atoms with Crippen LogP contribution in [0.25, 0.3) is 0 Å². The van der Waals surface area contributed by atoms with Gasteiger partial charge < -0.3 is 4.74 Å². The number of aryl methyl sites for hydroxylation is 1. The molecule has 0 saturated carbocycles. The van der Waals surface area contributed by atoms with Gasteiger partial charge in [-0.25, -0.2) is 0 Å². The monoisotopic (exact) mass is 312 g/mol. The molecule has 0 aliphatic carbocycles. The topological polar surface area (TPSA) is 43.4 Å². The molecule has 0 heterocycles. The molecule has 0 N–H and O–H groups in total. The van der Waals surface area contributed by atoms with Crippen LogP contribution in [0.5, 0.6) is 0 Å². The summed E-state index contributed by atoms with van der Waals surface area (Å²) in [6, 6.07) is 5.56. The van der Waals surface area contributed by atoms with Gasteiger partial charge in [-0.05, 0) is 25.5 Å². The van der Waals surface area contributed by atoms with E-state index in [0.717, 1.165) is 11.1 Å². The van der Waals surface area contributed by atoms with Crippen LogP contribution in [-0.2, 0) is 16.0 Å². The highest BCUT2D eigenvalue weighted by molar-refractivity contribution is 9.09. The van der Waals surface area contributed by atoms with Gasteiger partial charge in [0.25, 0.3) is 0 Å². The summed E-state index contributed by atoms with van der Waals surface area (Å²) in [6.45, 7) is 4.05. The zero-order chi connectivity index (χ0) is 13.5. The summed E-state index contributed by atoms with van der Waals surface area (Å²) in [6.07, 6.45) is 0.580. The van der Waals surface area contributed by atoms with Gasteiger partial charge in [0.15, 0.2) is 5.78 Å². The van der Waals surface area contributed by atoms with Crippen LogP contribution in [0.2, 0.25) is 0 Å². The molecule has 1 rings (SSSR count). The Labute approximate surface area is 116 Å². The van der Waals surface area contributed by atoms with Crippen molar-refractivity contribution in [3.8, 4) is 0 Å². The van der Waals surface area contributed by atoms with E-state index in [2.05, 4.69) is 15.9 Å². The Balaban J connectivity index is 2.96. The van der Waals surface area contributed by atoms with Crippen molar-refractivity contribution >= 4 is 27.7 Å². The number of Topliss-reactive ketones (excluding diaryl/α,β-unsaturated/α-hetero) is 1. The quantitative estimate of drug-likeness (QED) is 0.460. The third-order valence-electron chi connectivity index (χ3n) is 2.53. The number of alkyl halides is 1. The van der Waals surface area contributed by atoms with Gasteiger partial charge in [-0.2, -0.15) is 0 Å². The molecule has 0 spiro atoms. The van der Waals surface area contributed by atoms with E-state index >= 15 is 0 Å². The maximum Gasteiger partial charge on any atom is 0.310 e. The van der Waals surface area contributed by atoms with Gasteiger partial charge in [-0.1, -0.05) is 33.6 Å². The van der Waals surface area contributed by atoms with Crippen LogP contribution in [0.15, 0.2) is 18.2 Å². The minimum absolute atomic E-state index is 0.0508. The summed E-state index contributed by atoms with van der Waals surface area (Å²) in [5.74, 6) is -0.246. The molecular weight excluding hydrogens is 296 g/mol. The molecule has 0 saturated heterocycles. The highest BCUT2D eigenvalue weighted by Crippen LogP contribution is 2.16. The molecule has 0 unspecified atom stereocenters. The number of ether oxygens (including phenoxy) is 1. The van der Waals surface area contributed by atoms with Gasteiger partial charge in [0.05, 0.1) is 13.0 Å². The molecule has 4 heteroatoms. The van der Waals surface area contributed by atoms with Gasteiger partial charge >= 0.3 is 5.97 Å². The van der Waals surface area contributed by atoms with Gasteiger partial charge in [0.2, 0.25) is 0 Å². The molecule has 0 aliphatic rings. The summed E-state index contributed by atoms with van der Waals surface area (Å²) in [4.78, 5) is 23.5. The Morgan fingerprint density at radius 3 is 2.67 bits per heavy atom. The first-order chi connectivity index (χ1) is 8.58. The van der Waals surface area contributed by atoms with E-state index in [-0.39, 0.29) is 18.2 Å². The van der Waals surface area contributed by atoms with Crippen LogP contribution in [0.1, 0.15) is 34.8 Å². The SMILES string of the molecule is CCOC(=O)Cc1ccc(C)cc1C(=O)CCBr. The molecule has 3 nitrogen and oxygen atoms in total. The predicted octanol–water partition coefficient (Wildman–Crippen LogP) is 3.07. The van der Waals surface area contributed by atoms with Gasteiger partial charge in [0, 0.05) is 17.3 Å². The molecule has 0 bridgehead atoms. The smallest absolute Gasteiger partial charge is 0.310 e. The Hall–Kier alpha value is -1.16. The largest absolute Gasteiger partial charge is 0.466 e. The van der Waals surface area contributed by atoms with E-state index in [9.17, 15) is 9.59 Å². The van der Waals surface area contributed by atoms with Crippen molar-refractivity contribution in [2.24, 2.45) is 0 Å². The molecule has 1 aromatic rings. The van der Waals surface area contributed by atoms with E-state index in [1.807, 2.05) is 25.1 Å². The minimum atomic E-state index is -0.297. The molecule has 0 radical (unpaired) electrons. The molecule has 0 fully saturated rings. The van der Waals surface area contributed by atoms with Gasteiger partial charge in [-0.3, -0.25) is 9.59 Å². The maximum absolute atomic E-state index is 12.0. The second-order valence-electron chi connectivity index (χ2n) is 4.00. The molecule has 18 heavy (non-hydrogen) atoms. The van der Waals surface area contributed by atoms with E-state index in [4.69, 9.17) is 4.74 Å². The van der Waals surface area contributed by atoms with E-state index < -0.39 is 0 Å². The van der Waals surface area contributed by atoms with Crippen LogP contribution in [0.4, 0.5) is 0 Å². The number of ketones is 1. The average Bonchev–Trinajstić information content (AvgIpc) is 2.32. The molecule has 0 aliphatic heterocycles. The lowest BCUT2D eigenvalue weighted by Crippen LogP contribution is -2.12. The molecule has 0 atom stereocenters. The number of hydrogen-bond acceptors (Lipinski definition) is 3. The van der Waals surface area contributed by atoms with Crippen molar-refractivity contribution in [3.05, 3.63) is 34.9 Å². The predicted molar refractivity (Wildman–Crippen MR) is 74.3 cm³/mol. The van der Waals surface area contributed by atoms with Crippen molar-refractivity contribution in [1.29, 1.82) is 0 Å². The number of halogens is 1. The van der Waals surface area contributed by atoms with Crippen molar-refractivity contribution < 1.29 is 14.3 Å². The van der Waals surface area contributed by atoms with Crippen molar-refractivity contribution in [3.63, 3.8) is 0 Å².